The number of piperazine rings is 1. The van der Waals surface area contributed by atoms with Gasteiger partial charge in [0.1, 0.15) is 0 Å². The molecular formula is C29H39ClN4O. The Morgan fingerprint density at radius 2 is 1.63 bits per heavy atom. The first-order valence-corrected chi connectivity index (χ1v) is 12.5. The van der Waals surface area contributed by atoms with Crippen molar-refractivity contribution in [3.63, 3.8) is 0 Å². The summed E-state index contributed by atoms with van der Waals surface area (Å²) in [5, 5.41) is 3.13. The molecule has 1 aromatic heterocycles. The summed E-state index contributed by atoms with van der Waals surface area (Å²) in [6, 6.07) is 18.8. The van der Waals surface area contributed by atoms with Crippen molar-refractivity contribution in [2.45, 2.75) is 33.6 Å². The maximum atomic E-state index is 12.8. The van der Waals surface area contributed by atoms with Crippen LogP contribution in [0, 0.1) is 20.8 Å². The van der Waals surface area contributed by atoms with Gasteiger partial charge in [0.05, 0.1) is 5.56 Å². The van der Waals surface area contributed by atoms with Crippen molar-refractivity contribution in [3.05, 3.63) is 77.0 Å². The van der Waals surface area contributed by atoms with Gasteiger partial charge in [-0.15, -0.1) is 12.4 Å². The lowest BCUT2D eigenvalue weighted by Gasteiger charge is -2.37. The molecule has 1 aliphatic rings. The van der Waals surface area contributed by atoms with E-state index >= 15 is 0 Å². The van der Waals surface area contributed by atoms with Crippen LogP contribution in [-0.4, -0.2) is 54.6 Å². The van der Waals surface area contributed by atoms with E-state index in [0.29, 0.717) is 0 Å². The number of aromatic nitrogens is 1. The number of carbonyl (C=O) groups excluding carboxylic acids is 1. The van der Waals surface area contributed by atoms with Crippen molar-refractivity contribution < 1.29 is 4.79 Å². The third kappa shape index (κ3) is 6.28. The Balaban J connectivity index is 0.00000342. The van der Waals surface area contributed by atoms with E-state index in [4.69, 9.17) is 0 Å². The fraction of sp³-hybridized carbons (Fsp3) is 0.414. The molecule has 188 valence electrons. The summed E-state index contributed by atoms with van der Waals surface area (Å²) in [6.45, 7) is 12.6. The summed E-state index contributed by atoms with van der Waals surface area (Å²) in [5.41, 5.74) is 8.12. The number of aryl methyl sites for hydroxylation is 1. The molecule has 4 rings (SSSR count). The van der Waals surface area contributed by atoms with Crippen LogP contribution in [0.5, 0.6) is 0 Å². The predicted molar refractivity (Wildman–Crippen MR) is 149 cm³/mol. The van der Waals surface area contributed by atoms with Gasteiger partial charge < -0.3 is 14.8 Å². The van der Waals surface area contributed by atoms with E-state index in [1.54, 1.807) is 0 Å². The van der Waals surface area contributed by atoms with Gasteiger partial charge in [-0.05, 0) is 69.0 Å². The Kier molecular flexibility index (Phi) is 9.41. The van der Waals surface area contributed by atoms with E-state index in [-0.39, 0.29) is 18.3 Å². The van der Waals surface area contributed by atoms with Crippen LogP contribution in [0.4, 0.5) is 5.69 Å². The van der Waals surface area contributed by atoms with Gasteiger partial charge in [0.15, 0.2) is 0 Å². The van der Waals surface area contributed by atoms with E-state index in [1.165, 1.54) is 16.8 Å². The fourth-order valence-electron chi connectivity index (χ4n) is 4.86. The van der Waals surface area contributed by atoms with Gasteiger partial charge in [0.2, 0.25) is 0 Å². The van der Waals surface area contributed by atoms with Crippen molar-refractivity contribution in [2.24, 2.45) is 7.05 Å². The van der Waals surface area contributed by atoms with Crippen LogP contribution >= 0.6 is 12.4 Å². The summed E-state index contributed by atoms with van der Waals surface area (Å²) < 4.78 is 2.10. The number of hydrogen-bond donors (Lipinski definition) is 1. The van der Waals surface area contributed by atoms with Crippen LogP contribution in [0.15, 0.2) is 54.6 Å². The van der Waals surface area contributed by atoms with Gasteiger partial charge in [-0.25, -0.2) is 0 Å². The highest BCUT2D eigenvalue weighted by Crippen LogP contribution is 2.25. The first-order valence-electron chi connectivity index (χ1n) is 12.5. The molecule has 0 radical (unpaired) electrons. The first kappa shape index (κ1) is 26.8. The van der Waals surface area contributed by atoms with E-state index in [9.17, 15) is 4.79 Å². The summed E-state index contributed by atoms with van der Waals surface area (Å²) in [5.74, 6) is 0.0254. The summed E-state index contributed by atoms with van der Waals surface area (Å²) in [6.07, 6.45) is 2.10. The lowest BCUT2D eigenvalue weighted by atomic mass is 10.1. The molecule has 0 unspecified atom stereocenters. The molecule has 1 aliphatic heterocycles. The van der Waals surface area contributed by atoms with Crippen LogP contribution in [0.1, 0.15) is 40.0 Å². The molecule has 1 amide bonds. The number of carbonyl (C=O) groups is 1. The number of halogens is 1. The van der Waals surface area contributed by atoms with Gasteiger partial charge in [-0.1, -0.05) is 42.5 Å². The van der Waals surface area contributed by atoms with Crippen LogP contribution in [0.2, 0.25) is 0 Å². The Morgan fingerprint density at radius 1 is 0.914 bits per heavy atom. The smallest absolute Gasteiger partial charge is 0.253 e. The average Bonchev–Trinajstić information content (AvgIpc) is 3.16. The summed E-state index contributed by atoms with van der Waals surface area (Å²) >= 11 is 0. The van der Waals surface area contributed by atoms with Crippen LogP contribution in [0.25, 0.3) is 11.3 Å². The van der Waals surface area contributed by atoms with E-state index in [2.05, 4.69) is 63.9 Å². The van der Waals surface area contributed by atoms with Gasteiger partial charge in [-0.3, -0.25) is 9.69 Å². The Bertz CT molecular complexity index is 1120. The number of amides is 1. The lowest BCUT2D eigenvalue weighted by Crippen LogP contribution is -2.47. The molecule has 5 nitrogen and oxygen atoms in total. The molecule has 0 spiro atoms. The number of anilines is 1. The van der Waals surface area contributed by atoms with Crippen molar-refractivity contribution in [2.75, 3.05) is 44.2 Å². The highest BCUT2D eigenvalue weighted by Gasteiger charge is 2.19. The fourth-order valence-corrected chi connectivity index (χ4v) is 4.86. The summed E-state index contributed by atoms with van der Waals surface area (Å²) in [7, 11) is 2.02. The molecular weight excluding hydrogens is 456 g/mol. The average molecular weight is 495 g/mol. The van der Waals surface area contributed by atoms with E-state index < -0.39 is 0 Å². The minimum absolute atomic E-state index is 0. The standard InChI is InChI=1S/C29H38N4O.ClH/c1-22-11-10-14-27(23(22)2)33-19-17-32(18-20-33)16-9-8-15-30-29(34)26-21-28(31(4)24(26)3)25-12-6-5-7-13-25;/h5-7,10-14,21H,8-9,15-20H2,1-4H3,(H,30,34);1H. The third-order valence-electron chi connectivity index (χ3n) is 7.33. The molecule has 35 heavy (non-hydrogen) atoms. The van der Waals surface area contributed by atoms with Crippen LogP contribution in [-0.2, 0) is 7.05 Å². The molecule has 3 aromatic rings. The van der Waals surface area contributed by atoms with Gasteiger partial charge in [-0.2, -0.15) is 0 Å². The topological polar surface area (TPSA) is 40.5 Å². The Hall–Kier alpha value is -2.76. The number of benzene rings is 2. The first-order chi connectivity index (χ1) is 16.5. The van der Waals surface area contributed by atoms with E-state index in [1.807, 2.05) is 38.2 Å². The summed E-state index contributed by atoms with van der Waals surface area (Å²) in [4.78, 5) is 17.9. The highest BCUT2D eigenvalue weighted by atomic mass is 35.5. The maximum absolute atomic E-state index is 12.8. The third-order valence-corrected chi connectivity index (χ3v) is 7.33. The SMILES string of the molecule is Cc1cccc(N2CCN(CCCCNC(=O)c3cc(-c4ccccc4)n(C)c3C)CC2)c1C.Cl. The molecule has 1 N–H and O–H groups in total. The Morgan fingerprint density at radius 3 is 2.34 bits per heavy atom. The number of rotatable bonds is 8. The molecule has 2 aromatic carbocycles. The molecule has 0 bridgehead atoms. The van der Waals surface area contributed by atoms with Crippen molar-refractivity contribution in [1.29, 1.82) is 0 Å². The molecule has 1 fully saturated rings. The van der Waals surface area contributed by atoms with Gasteiger partial charge >= 0.3 is 0 Å². The minimum atomic E-state index is 0. The number of nitrogens with one attached hydrogen (secondary N) is 1. The molecule has 0 aliphatic carbocycles. The second-order valence-electron chi connectivity index (χ2n) is 9.46. The molecule has 0 atom stereocenters. The zero-order chi connectivity index (χ0) is 24.1. The van der Waals surface area contributed by atoms with Crippen molar-refractivity contribution in [3.8, 4) is 11.3 Å². The largest absolute Gasteiger partial charge is 0.369 e. The molecule has 6 heteroatoms. The number of nitrogens with zero attached hydrogens (tertiary/aromatic N) is 3. The highest BCUT2D eigenvalue weighted by molar-refractivity contribution is 5.97. The second kappa shape index (κ2) is 12.3. The van der Waals surface area contributed by atoms with Crippen molar-refractivity contribution >= 4 is 24.0 Å². The lowest BCUT2D eigenvalue weighted by molar-refractivity contribution is 0.0952. The maximum Gasteiger partial charge on any atom is 0.253 e. The monoisotopic (exact) mass is 494 g/mol. The van der Waals surface area contributed by atoms with Crippen LogP contribution in [0.3, 0.4) is 0 Å². The second-order valence-corrected chi connectivity index (χ2v) is 9.46. The minimum Gasteiger partial charge on any atom is -0.369 e. The van der Waals surface area contributed by atoms with Crippen LogP contribution < -0.4 is 10.2 Å². The van der Waals surface area contributed by atoms with Crippen molar-refractivity contribution in [1.82, 2.24) is 14.8 Å². The predicted octanol–water partition coefficient (Wildman–Crippen LogP) is 5.37. The van der Waals surface area contributed by atoms with Gasteiger partial charge in [0.25, 0.3) is 5.91 Å². The zero-order valence-corrected chi connectivity index (χ0v) is 22.3. The number of unbranched alkanes of at least 4 members (excludes halogenated alkanes) is 1. The number of hydrogen-bond acceptors (Lipinski definition) is 3. The molecule has 0 saturated carbocycles. The molecule has 1 saturated heterocycles. The van der Waals surface area contributed by atoms with Gasteiger partial charge in [0, 0.05) is 56.8 Å². The van der Waals surface area contributed by atoms with E-state index in [0.717, 1.165) is 74.6 Å². The Labute approximate surface area is 216 Å². The normalized spacial score (nSPS) is 14.0. The zero-order valence-electron chi connectivity index (χ0n) is 21.5. The molecule has 2 heterocycles. The quantitative estimate of drug-likeness (QED) is 0.428.